The van der Waals surface area contributed by atoms with Gasteiger partial charge in [0, 0.05) is 12.6 Å². The Labute approximate surface area is 99.1 Å². The lowest BCUT2D eigenvalue weighted by atomic mass is 9.96. The number of nitrogens with two attached hydrogens (primary N) is 1. The number of hydrogen-bond acceptors (Lipinski definition) is 1. The highest BCUT2D eigenvalue weighted by atomic mass is 15.3. The van der Waals surface area contributed by atoms with E-state index < -0.39 is 0 Å². The van der Waals surface area contributed by atoms with Crippen molar-refractivity contribution < 1.29 is 0 Å². The molecule has 0 aromatic rings. The van der Waals surface area contributed by atoms with E-state index in [0.717, 1.165) is 12.5 Å². The minimum absolute atomic E-state index is 0.503. The summed E-state index contributed by atoms with van der Waals surface area (Å²) in [6.45, 7) is 3.37. The van der Waals surface area contributed by atoms with Gasteiger partial charge in [0.25, 0.3) is 0 Å². The Morgan fingerprint density at radius 3 is 2.44 bits per heavy atom. The summed E-state index contributed by atoms with van der Waals surface area (Å²) in [5.41, 5.74) is 6.15. The molecule has 1 saturated carbocycles. The molecule has 0 radical (unpaired) electrons. The number of nitrogens with zero attached hydrogens (tertiary/aromatic N) is 2. The summed E-state index contributed by atoms with van der Waals surface area (Å²) in [5, 5.41) is 0. The van der Waals surface area contributed by atoms with Crippen LogP contribution in [0, 0.1) is 0 Å². The molecule has 1 aliphatic carbocycles. The van der Waals surface area contributed by atoms with Crippen LogP contribution in [0.5, 0.6) is 0 Å². The van der Waals surface area contributed by atoms with Gasteiger partial charge in [0.1, 0.15) is 0 Å². The number of guanidine groups is 1. The maximum atomic E-state index is 6.15. The maximum Gasteiger partial charge on any atom is 0.191 e. The predicted molar refractivity (Wildman–Crippen MR) is 68.5 cm³/mol. The second kappa shape index (κ2) is 5.55. The molecule has 3 nitrogen and oxygen atoms in total. The summed E-state index contributed by atoms with van der Waals surface area (Å²) in [6.07, 6.45) is 10.4. The van der Waals surface area contributed by atoms with E-state index in [1.54, 1.807) is 0 Å². The van der Waals surface area contributed by atoms with Gasteiger partial charge in [0.15, 0.2) is 5.96 Å². The van der Waals surface area contributed by atoms with Gasteiger partial charge < -0.3 is 10.6 Å². The zero-order valence-corrected chi connectivity index (χ0v) is 10.5. The van der Waals surface area contributed by atoms with Crippen LogP contribution in [0.2, 0.25) is 0 Å². The van der Waals surface area contributed by atoms with E-state index in [-0.39, 0.29) is 0 Å². The minimum atomic E-state index is 0.503. The van der Waals surface area contributed by atoms with Gasteiger partial charge in [0.05, 0.1) is 6.04 Å². The van der Waals surface area contributed by atoms with Crippen molar-refractivity contribution in [2.24, 2.45) is 10.7 Å². The lowest BCUT2D eigenvalue weighted by molar-refractivity contribution is 0.253. The van der Waals surface area contributed by atoms with E-state index in [2.05, 4.69) is 11.8 Å². The van der Waals surface area contributed by atoms with Crippen LogP contribution in [-0.2, 0) is 0 Å². The molecule has 2 N–H and O–H groups in total. The van der Waals surface area contributed by atoms with E-state index in [9.17, 15) is 0 Å². The van der Waals surface area contributed by atoms with Crippen LogP contribution in [-0.4, -0.2) is 29.5 Å². The number of likely N-dealkylation sites (tertiary alicyclic amines) is 1. The van der Waals surface area contributed by atoms with Gasteiger partial charge in [-0.05, 0) is 39.0 Å². The lowest BCUT2D eigenvalue weighted by Crippen LogP contribution is -2.46. The van der Waals surface area contributed by atoms with Gasteiger partial charge in [-0.1, -0.05) is 19.3 Å². The number of aliphatic imine (C=N–C) groups is 1. The summed E-state index contributed by atoms with van der Waals surface area (Å²) < 4.78 is 0. The van der Waals surface area contributed by atoms with Gasteiger partial charge in [-0.2, -0.15) is 0 Å². The Hall–Kier alpha value is -0.730. The first-order valence-electron chi connectivity index (χ1n) is 6.87. The first kappa shape index (κ1) is 11.7. The standard InChI is InChI=1S/C13H25N3/c1-11-7-5-6-10-16(11)13(14)15-12-8-3-2-4-9-12/h11-12H,2-10H2,1H3,(H2,14,15). The van der Waals surface area contributed by atoms with Gasteiger partial charge in [0.2, 0.25) is 0 Å². The Morgan fingerprint density at radius 2 is 1.75 bits per heavy atom. The van der Waals surface area contributed by atoms with Crippen LogP contribution in [0.15, 0.2) is 4.99 Å². The van der Waals surface area contributed by atoms with Crippen molar-refractivity contribution in [1.29, 1.82) is 0 Å². The highest BCUT2D eigenvalue weighted by Crippen LogP contribution is 2.21. The third-order valence-corrected chi connectivity index (χ3v) is 3.99. The molecule has 2 fully saturated rings. The smallest absolute Gasteiger partial charge is 0.191 e. The molecule has 1 aliphatic heterocycles. The van der Waals surface area contributed by atoms with E-state index in [0.29, 0.717) is 12.1 Å². The number of hydrogen-bond donors (Lipinski definition) is 1. The first-order valence-corrected chi connectivity index (χ1v) is 6.87. The van der Waals surface area contributed by atoms with E-state index in [1.165, 1.54) is 51.4 Å². The topological polar surface area (TPSA) is 41.6 Å². The average molecular weight is 223 g/mol. The molecule has 0 aromatic carbocycles. The Morgan fingerprint density at radius 1 is 1.06 bits per heavy atom. The molecule has 2 aliphatic rings. The van der Waals surface area contributed by atoms with Crippen molar-refractivity contribution in [1.82, 2.24) is 4.90 Å². The molecule has 0 amide bonds. The highest BCUT2D eigenvalue weighted by Gasteiger charge is 2.21. The summed E-state index contributed by atoms with van der Waals surface area (Å²) in [4.78, 5) is 7.03. The summed E-state index contributed by atoms with van der Waals surface area (Å²) in [6, 6.07) is 1.09. The fraction of sp³-hybridized carbons (Fsp3) is 0.923. The Bertz CT molecular complexity index is 244. The molecule has 1 saturated heterocycles. The lowest BCUT2D eigenvalue weighted by Gasteiger charge is -2.35. The van der Waals surface area contributed by atoms with E-state index >= 15 is 0 Å². The van der Waals surface area contributed by atoms with E-state index in [1.807, 2.05) is 0 Å². The maximum absolute atomic E-state index is 6.15. The summed E-state index contributed by atoms with van der Waals surface area (Å²) in [7, 11) is 0. The monoisotopic (exact) mass is 223 g/mol. The molecule has 1 atom stereocenters. The molecular formula is C13H25N3. The van der Waals surface area contributed by atoms with Gasteiger partial charge in [-0.3, -0.25) is 0 Å². The minimum Gasteiger partial charge on any atom is -0.370 e. The van der Waals surface area contributed by atoms with Crippen molar-refractivity contribution in [2.45, 2.75) is 70.4 Å². The Balaban J connectivity index is 1.93. The molecule has 0 spiro atoms. The summed E-state index contributed by atoms with van der Waals surface area (Å²) in [5.74, 6) is 0.805. The van der Waals surface area contributed by atoms with Crippen LogP contribution in [0.4, 0.5) is 0 Å². The average Bonchev–Trinajstić information content (AvgIpc) is 2.31. The fourth-order valence-corrected chi connectivity index (χ4v) is 2.91. The molecule has 3 heteroatoms. The molecule has 92 valence electrons. The molecular weight excluding hydrogens is 198 g/mol. The molecule has 0 bridgehead atoms. The molecule has 0 aromatic heterocycles. The normalized spacial score (nSPS) is 29.4. The van der Waals surface area contributed by atoms with E-state index in [4.69, 9.17) is 10.7 Å². The quantitative estimate of drug-likeness (QED) is 0.548. The predicted octanol–water partition coefficient (Wildman–Crippen LogP) is 2.51. The second-order valence-corrected chi connectivity index (χ2v) is 5.32. The number of rotatable bonds is 1. The van der Waals surface area contributed by atoms with Crippen LogP contribution >= 0.6 is 0 Å². The van der Waals surface area contributed by atoms with Crippen molar-refractivity contribution in [2.75, 3.05) is 6.54 Å². The van der Waals surface area contributed by atoms with Gasteiger partial charge in [-0.15, -0.1) is 0 Å². The fourth-order valence-electron chi connectivity index (χ4n) is 2.91. The second-order valence-electron chi connectivity index (χ2n) is 5.32. The van der Waals surface area contributed by atoms with Gasteiger partial charge in [-0.25, -0.2) is 4.99 Å². The third kappa shape index (κ3) is 2.89. The molecule has 1 unspecified atom stereocenters. The van der Waals surface area contributed by atoms with Crippen molar-refractivity contribution >= 4 is 5.96 Å². The van der Waals surface area contributed by atoms with Crippen LogP contribution in [0.25, 0.3) is 0 Å². The summed E-state index contributed by atoms with van der Waals surface area (Å²) >= 11 is 0. The highest BCUT2D eigenvalue weighted by molar-refractivity contribution is 5.78. The molecule has 16 heavy (non-hydrogen) atoms. The number of piperidine rings is 1. The van der Waals surface area contributed by atoms with Crippen LogP contribution in [0.3, 0.4) is 0 Å². The molecule has 2 rings (SSSR count). The largest absolute Gasteiger partial charge is 0.370 e. The van der Waals surface area contributed by atoms with Crippen molar-refractivity contribution in [3.05, 3.63) is 0 Å². The zero-order chi connectivity index (χ0) is 11.4. The zero-order valence-electron chi connectivity index (χ0n) is 10.5. The Kier molecular flexibility index (Phi) is 4.08. The SMILES string of the molecule is CC1CCCCN1C(N)=NC1CCCCC1. The van der Waals surface area contributed by atoms with Gasteiger partial charge >= 0.3 is 0 Å². The van der Waals surface area contributed by atoms with Crippen LogP contribution < -0.4 is 5.73 Å². The molecule has 1 heterocycles. The van der Waals surface area contributed by atoms with Crippen LogP contribution in [0.1, 0.15) is 58.3 Å². The third-order valence-electron chi connectivity index (χ3n) is 3.99. The first-order chi connectivity index (χ1) is 7.77. The van der Waals surface area contributed by atoms with Crippen molar-refractivity contribution in [3.8, 4) is 0 Å². The van der Waals surface area contributed by atoms with Crippen molar-refractivity contribution in [3.63, 3.8) is 0 Å².